The van der Waals surface area contributed by atoms with Gasteiger partial charge in [-0.25, -0.2) is 0 Å². The smallest absolute Gasteiger partial charge is 0.257 e. The van der Waals surface area contributed by atoms with E-state index in [-0.39, 0.29) is 19.1 Å². The third-order valence-electron chi connectivity index (χ3n) is 4.05. The molecule has 0 unspecified atom stereocenters. The van der Waals surface area contributed by atoms with Gasteiger partial charge in [0.15, 0.2) is 6.61 Å². The molecule has 0 aromatic heterocycles. The Morgan fingerprint density at radius 3 is 2.86 bits per heavy atom. The van der Waals surface area contributed by atoms with Crippen LogP contribution in [0.1, 0.15) is 44.1 Å². The van der Waals surface area contributed by atoms with Crippen LogP contribution in [0.2, 0.25) is 0 Å². The van der Waals surface area contributed by atoms with Gasteiger partial charge < -0.3 is 15.2 Å². The number of carbonyl (C=O) groups is 1. The molecule has 21 heavy (non-hydrogen) atoms. The Kier molecular flexibility index (Phi) is 6.54. The summed E-state index contributed by atoms with van der Waals surface area (Å²) in [5.74, 6) is 1.31. The minimum Gasteiger partial charge on any atom is -0.484 e. The van der Waals surface area contributed by atoms with Crippen molar-refractivity contribution in [1.82, 2.24) is 5.32 Å². The average Bonchev–Trinajstić information content (AvgIpc) is 2.54. The van der Waals surface area contributed by atoms with Crippen LogP contribution < -0.4 is 10.1 Å². The Balaban J connectivity index is 1.62. The van der Waals surface area contributed by atoms with Crippen LogP contribution in [0.3, 0.4) is 0 Å². The predicted molar refractivity (Wildman–Crippen MR) is 82.1 cm³/mol. The van der Waals surface area contributed by atoms with Gasteiger partial charge in [-0.15, -0.1) is 0 Å². The van der Waals surface area contributed by atoms with Crippen molar-refractivity contribution in [3.63, 3.8) is 0 Å². The second kappa shape index (κ2) is 8.67. The van der Waals surface area contributed by atoms with Crippen LogP contribution in [0.15, 0.2) is 24.3 Å². The lowest BCUT2D eigenvalue weighted by molar-refractivity contribution is -0.123. The first-order chi connectivity index (χ1) is 10.3. The number of rotatable bonds is 7. The maximum atomic E-state index is 11.7. The third-order valence-corrected chi connectivity index (χ3v) is 4.05. The molecule has 1 aliphatic rings. The van der Waals surface area contributed by atoms with E-state index >= 15 is 0 Å². The van der Waals surface area contributed by atoms with E-state index in [9.17, 15) is 4.79 Å². The summed E-state index contributed by atoms with van der Waals surface area (Å²) >= 11 is 0. The van der Waals surface area contributed by atoms with Crippen LogP contribution in [-0.2, 0) is 11.4 Å². The number of amides is 1. The second-order valence-electron chi connectivity index (χ2n) is 5.74. The summed E-state index contributed by atoms with van der Waals surface area (Å²) in [6, 6.07) is 7.16. The average molecular weight is 291 g/mol. The number of ether oxygens (including phenoxy) is 1. The molecule has 116 valence electrons. The van der Waals surface area contributed by atoms with Gasteiger partial charge in [0.2, 0.25) is 0 Å². The molecule has 1 aliphatic carbocycles. The van der Waals surface area contributed by atoms with Gasteiger partial charge in [0.25, 0.3) is 5.91 Å². The van der Waals surface area contributed by atoms with Gasteiger partial charge in [0.1, 0.15) is 5.75 Å². The molecule has 1 fully saturated rings. The van der Waals surface area contributed by atoms with E-state index in [0.717, 1.165) is 24.4 Å². The molecule has 0 atom stereocenters. The number of nitrogens with one attached hydrogen (secondary N) is 1. The molecular formula is C17H25NO3. The highest BCUT2D eigenvalue weighted by molar-refractivity contribution is 5.77. The fraction of sp³-hybridized carbons (Fsp3) is 0.588. The summed E-state index contributed by atoms with van der Waals surface area (Å²) in [4.78, 5) is 11.7. The maximum absolute atomic E-state index is 11.7. The van der Waals surface area contributed by atoms with Crippen molar-refractivity contribution < 1.29 is 14.6 Å². The molecule has 2 rings (SSSR count). The molecule has 1 saturated carbocycles. The molecule has 4 heteroatoms. The summed E-state index contributed by atoms with van der Waals surface area (Å²) in [6.07, 6.45) is 7.72. The predicted octanol–water partition coefficient (Wildman–Crippen LogP) is 2.64. The lowest BCUT2D eigenvalue weighted by Gasteiger charge is -2.21. The van der Waals surface area contributed by atoms with Gasteiger partial charge in [-0.2, -0.15) is 0 Å². The lowest BCUT2D eigenvalue weighted by Crippen LogP contribution is -2.30. The Labute approximate surface area is 126 Å². The minimum atomic E-state index is -0.0831. The molecule has 0 aliphatic heterocycles. The van der Waals surface area contributed by atoms with Crippen molar-refractivity contribution in [2.75, 3.05) is 13.2 Å². The fourth-order valence-corrected chi connectivity index (χ4v) is 2.83. The summed E-state index contributed by atoms with van der Waals surface area (Å²) < 4.78 is 5.43. The van der Waals surface area contributed by atoms with Gasteiger partial charge in [-0.1, -0.05) is 44.2 Å². The zero-order valence-electron chi connectivity index (χ0n) is 12.5. The first kappa shape index (κ1) is 15.8. The van der Waals surface area contributed by atoms with Crippen LogP contribution >= 0.6 is 0 Å². The molecule has 0 saturated heterocycles. The topological polar surface area (TPSA) is 58.6 Å². The summed E-state index contributed by atoms with van der Waals surface area (Å²) in [7, 11) is 0. The largest absolute Gasteiger partial charge is 0.484 e. The molecule has 0 heterocycles. The van der Waals surface area contributed by atoms with Crippen molar-refractivity contribution in [2.45, 2.75) is 45.1 Å². The van der Waals surface area contributed by atoms with Gasteiger partial charge in [-0.3, -0.25) is 4.79 Å². The van der Waals surface area contributed by atoms with Crippen LogP contribution in [0.4, 0.5) is 0 Å². The number of hydrogen-bond acceptors (Lipinski definition) is 3. The van der Waals surface area contributed by atoms with E-state index in [2.05, 4.69) is 5.32 Å². The monoisotopic (exact) mass is 291 g/mol. The normalized spacial score (nSPS) is 15.7. The highest BCUT2D eigenvalue weighted by Crippen LogP contribution is 2.25. The lowest BCUT2D eigenvalue weighted by atomic mass is 9.87. The number of aliphatic hydroxyl groups is 1. The van der Waals surface area contributed by atoms with E-state index in [4.69, 9.17) is 9.84 Å². The van der Waals surface area contributed by atoms with Crippen molar-refractivity contribution in [2.24, 2.45) is 5.92 Å². The SMILES string of the molecule is O=C(COc1cccc(CO)c1)NCCC1CCCCC1. The van der Waals surface area contributed by atoms with Crippen molar-refractivity contribution in [3.05, 3.63) is 29.8 Å². The van der Waals surface area contributed by atoms with Crippen LogP contribution in [-0.4, -0.2) is 24.2 Å². The Morgan fingerprint density at radius 1 is 1.29 bits per heavy atom. The molecule has 1 amide bonds. The van der Waals surface area contributed by atoms with E-state index in [1.54, 1.807) is 12.1 Å². The molecule has 1 aromatic carbocycles. The molecule has 0 spiro atoms. The van der Waals surface area contributed by atoms with Crippen LogP contribution in [0, 0.1) is 5.92 Å². The van der Waals surface area contributed by atoms with Crippen molar-refractivity contribution in [1.29, 1.82) is 0 Å². The molecule has 1 aromatic rings. The number of benzene rings is 1. The Bertz CT molecular complexity index is 441. The molecule has 4 nitrogen and oxygen atoms in total. The molecular weight excluding hydrogens is 266 g/mol. The van der Waals surface area contributed by atoms with Crippen LogP contribution in [0.25, 0.3) is 0 Å². The highest BCUT2D eigenvalue weighted by Gasteiger charge is 2.13. The van der Waals surface area contributed by atoms with Gasteiger partial charge in [-0.05, 0) is 30.0 Å². The van der Waals surface area contributed by atoms with Crippen molar-refractivity contribution >= 4 is 5.91 Å². The van der Waals surface area contributed by atoms with E-state index < -0.39 is 0 Å². The van der Waals surface area contributed by atoms with Gasteiger partial charge in [0, 0.05) is 6.54 Å². The number of hydrogen-bond donors (Lipinski definition) is 2. The second-order valence-corrected chi connectivity index (χ2v) is 5.74. The van der Waals surface area contributed by atoms with E-state index in [1.807, 2.05) is 12.1 Å². The fourth-order valence-electron chi connectivity index (χ4n) is 2.83. The highest BCUT2D eigenvalue weighted by atomic mass is 16.5. The zero-order valence-corrected chi connectivity index (χ0v) is 12.5. The third kappa shape index (κ3) is 5.76. The van der Waals surface area contributed by atoms with Gasteiger partial charge in [0.05, 0.1) is 6.61 Å². The van der Waals surface area contributed by atoms with Gasteiger partial charge >= 0.3 is 0 Å². The number of aliphatic hydroxyl groups excluding tert-OH is 1. The van der Waals surface area contributed by atoms with E-state index in [0.29, 0.717) is 5.75 Å². The standard InChI is InChI=1S/C17H25NO3/c19-12-15-7-4-8-16(11-15)21-13-17(20)18-10-9-14-5-2-1-3-6-14/h4,7-8,11,14,19H,1-3,5-6,9-10,12-13H2,(H,18,20). The molecule has 0 bridgehead atoms. The maximum Gasteiger partial charge on any atom is 0.257 e. The number of carbonyl (C=O) groups excluding carboxylic acids is 1. The molecule has 0 radical (unpaired) electrons. The summed E-state index contributed by atoms with van der Waals surface area (Å²) in [6.45, 7) is 0.744. The zero-order chi connectivity index (χ0) is 14.9. The quantitative estimate of drug-likeness (QED) is 0.812. The molecule has 2 N–H and O–H groups in total. The van der Waals surface area contributed by atoms with E-state index in [1.165, 1.54) is 32.1 Å². The first-order valence-corrected chi connectivity index (χ1v) is 7.87. The minimum absolute atomic E-state index is 0.0230. The Morgan fingerprint density at radius 2 is 2.10 bits per heavy atom. The van der Waals surface area contributed by atoms with Crippen LogP contribution in [0.5, 0.6) is 5.75 Å². The summed E-state index contributed by atoms with van der Waals surface area (Å²) in [5, 5.41) is 12.0. The summed E-state index contributed by atoms with van der Waals surface area (Å²) in [5.41, 5.74) is 0.783. The Hall–Kier alpha value is -1.55. The first-order valence-electron chi connectivity index (χ1n) is 7.87. The van der Waals surface area contributed by atoms with Crippen molar-refractivity contribution in [3.8, 4) is 5.75 Å².